The Balaban J connectivity index is 2.40. The van der Waals surface area contributed by atoms with Crippen LogP contribution in [0.1, 0.15) is 17.3 Å². The minimum atomic E-state index is -0.808. The predicted molar refractivity (Wildman–Crippen MR) is 71.3 cm³/mol. The Kier molecular flexibility index (Phi) is 2.85. The van der Waals surface area contributed by atoms with E-state index in [1.54, 1.807) is 25.1 Å². The summed E-state index contributed by atoms with van der Waals surface area (Å²) in [4.78, 5) is 24.3. The van der Waals surface area contributed by atoms with Crippen LogP contribution in [-0.2, 0) is 11.3 Å². The SMILES string of the molecule is CCOC(=O)c1c(O)c2cccc3c2n(c1=O)CCO3. The Labute approximate surface area is 114 Å². The normalized spacial score (nSPS) is 13.1. The number of pyridine rings is 1. The number of hydrogen-bond acceptors (Lipinski definition) is 5. The first-order valence-corrected chi connectivity index (χ1v) is 6.33. The van der Waals surface area contributed by atoms with Crippen molar-refractivity contribution in [1.82, 2.24) is 4.57 Å². The molecule has 0 aliphatic carbocycles. The smallest absolute Gasteiger partial charge is 0.347 e. The van der Waals surface area contributed by atoms with Crippen LogP contribution < -0.4 is 10.3 Å². The van der Waals surface area contributed by atoms with Gasteiger partial charge in [-0.05, 0) is 19.1 Å². The van der Waals surface area contributed by atoms with Crippen molar-refractivity contribution in [2.45, 2.75) is 13.5 Å². The lowest BCUT2D eigenvalue weighted by Crippen LogP contribution is -2.32. The van der Waals surface area contributed by atoms with Crippen molar-refractivity contribution in [2.24, 2.45) is 0 Å². The van der Waals surface area contributed by atoms with E-state index < -0.39 is 11.5 Å². The Morgan fingerprint density at radius 2 is 2.30 bits per heavy atom. The second kappa shape index (κ2) is 4.56. The van der Waals surface area contributed by atoms with Crippen LogP contribution in [0.15, 0.2) is 23.0 Å². The van der Waals surface area contributed by atoms with Gasteiger partial charge in [-0.1, -0.05) is 6.07 Å². The second-order valence-electron chi connectivity index (χ2n) is 4.40. The molecule has 6 heteroatoms. The highest BCUT2D eigenvalue weighted by Gasteiger charge is 2.26. The maximum Gasteiger partial charge on any atom is 0.347 e. The quantitative estimate of drug-likeness (QED) is 0.835. The van der Waals surface area contributed by atoms with Crippen molar-refractivity contribution >= 4 is 16.9 Å². The number of para-hydroxylation sites is 1. The van der Waals surface area contributed by atoms with Crippen molar-refractivity contribution in [3.05, 3.63) is 34.1 Å². The van der Waals surface area contributed by atoms with Crippen LogP contribution in [0, 0.1) is 0 Å². The van der Waals surface area contributed by atoms with Gasteiger partial charge in [0.15, 0.2) is 5.56 Å². The number of esters is 1. The van der Waals surface area contributed by atoms with Crippen LogP contribution in [0.2, 0.25) is 0 Å². The number of aromatic hydroxyl groups is 1. The number of benzene rings is 1. The van der Waals surface area contributed by atoms with Gasteiger partial charge in [-0.2, -0.15) is 0 Å². The third kappa shape index (κ3) is 1.65. The van der Waals surface area contributed by atoms with Crippen molar-refractivity contribution in [1.29, 1.82) is 0 Å². The molecule has 1 aromatic carbocycles. The Bertz CT molecular complexity index is 762. The third-order valence-corrected chi connectivity index (χ3v) is 3.27. The van der Waals surface area contributed by atoms with Crippen molar-refractivity contribution in [3.63, 3.8) is 0 Å². The molecule has 0 atom stereocenters. The summed E-state index contributed by atoms with van der Waals surface area (Å²) < 4.78 is 11.8. The van der Waals surface area contributed by atoms with E-state index in [1.807, 2.05) is 0 Å². The number of ether oxygens (including phenoxy) is 2. The van der Waals surface area contributed by atoms with Gasteiger partial charge in [0.25, 0.3) is 5.56 Å². The third-order valence-electron chi connectivity index (χ3n) is 3.27. The number of hydrogen-bond donors (Lipinski definition) is 1. The van der Waals surface area contributed by atoms with E-state index in [-0.39, 0.29) is 17.9 Å². The Morgan fingerprint density at radius 1 is 1.50 bits per heavy atom. The predicted octanol–water partition coefficient (Wildman–Crippen LogP) is 1.28. The average Bonchev–Trinajstić information content (AvgIpc) is 2.45. The molecule has 0 spiro atoms. The molecule has 0 unspecified atom stereocenters. The fourth-order valence-electron chi connectivity index (χ4n) is 2.43. The first-order chi connectivity index (χ1) is 9.65. The van der Waals surface area contributed by atoms with Gasteiger partial charge in [0, 0.05) is 5.39 Å². The number of aromatic nitrogens is 1. The molecule has 0 fully saturated rings. The lowest BCUT2D eigenvalue weighted by atomic mass is 10.1. The minimum absolute atomic E-state index is 0.138. The monoisotopic (exact) mass is 275 g/mol. The maximum atomic E-state index is 12.4. The molecule has 2 aromatic rings. The van der Waals surface area contributed by atoms with Gasteiger partial charge in [-0.3, -0.25) is 4.79 Å². The molecule has 2 heterocycles. The lowest BCUT2D eigenvalue weighted by molar-refractivity contribution is 0.0520. The molecule has 0 saturated heterocycles. The van der Waals surface area contributed by atoms with E-state index in [2.05, 4.69) is 0 Å². The molecule has 0 bridgehead atoms. The molecule has 0 radical (unpaired) electrons. The molecular formula is C14H13NO5. The summed E-state index contributed by atoms with van der Waals surface area (Å²) in [6, 6.07) is 5.06. The highest BCUT2D eigenvalue weighted by atomic mass is 16.5. The van der Waals surface area contributed by atoms with Gasteiger partial charge in [-0.15, -0.1) is 0 Å². The number of rotatable bonds is 2. The highest BCUT2D eigenvalue weighted by Crippen LogP contribution is 2.34. The molecule has 20 heavy (non-hydrogen) atoms. The molecule has 1 aliphatic rings. The first-order valence-electron chi connectivity index (χ1n) is 6.33. The molecule has 0 amide bonds. The zero-order valence-electron chi connectivity index (χ0n) is 10.9. The van der Waals surface area contributed by atoms with Crippen LogP contribution in [0.25, 0.3) is 10.9 Å². The Morgan fingerprint density at radius 3 is 3.05 bits per heavy atom. The summed E-state index contributed by atoms with van der Waals surface area (Å²) in [7, 11) is 0. The zero-order chi connectivity index (χ0) is 14.3. The summed E-state index contributed by atoms with van der Waals surface area (Å²) in [6.45, 7) is 2.46. The molecule has 104 valence electrons. The minimum Gasteiger partial charge on any atom is -0.506 e. The molecule has 6 nitrogen and oxygen atoms in total. The van der Waals surface area contributed by atoms with E-state index in [4.69, 9.17) is 9.47 Å². The van der Waals surface area contributed by atoms with Crippen LogP contribution >= 0.6 is 0 Å². The zero-order valence-corrected chi connectivity index (χ0v) is 10.9. The Hall–Kier alpha value is -2.50. The fraction of sp³-hybridized carbons (Fsp3) is 0.286. The highest BCUT2D eigenvalue weighted by molar-refractivity contribution is 6.01. The van der Waals surface area contributed by atoms with E-state index in [0.717, 1.165) is 0 Å². The molecule has 1 aromatic heterocycles. The summed E-state index contributed by atoms with van der Waals surface area (Å²) in [5, 5.41) is 10.6. The summed E-state index contributed by atoms with van der Waals surface area (Å²) >= 11 is 0. The van der Waals surface area contributed by atoms with Gasteiger partial charge >= 0.3 is 5.97 Å². The van der Waals surface area contributed by atoms with E-state index in [0.29, 0.717) is 29.8 Å². The topological polar surface area (TPSA) is 77.8 Å². The standard InChI is InChI=1S/C14H13NO5/c1-2-19-14(18)10-12(16)8-4-3-5-9-11(8)15(13(10)17)6-7-20-9/h3-5,16H,2,6-7H2,1H3. The molecule has 1 aliphatic heterocycles. The van der Waals surface area contributed by atoms with E-state index in [1.165, 1.54) is 4.57 Å². The number of carbonyl (C=O) groups excluding carboxylic acids is 1. The van der Waals surface area contributed by atoms with Gasteiger partial charge in [-0.25, -0.2) is 4.79 Å². The molecule has 0 saturated carbocycles. The van der Waals surface area contributed by atoms with Crippen LogP contribution in [-0.4, -0.2) is 28.9 Å². The molecule has 3 rings (SSSR count). The molecule has 1 N–H and O–H groups in total. The average molecular weight is 275 g/mol. The molecular weight excluding hydrogens is 262 g/mol. The van der Waals surface area contributed by atoms with E-state index >= 15 is 0 Å². The van der Waals surface area contributed by atoms with Gasteiger partial charge < -0.3 is 19.1 Å². The number of carbonyl (C=O) groups is 1. The summed E-state index contributed by atoms with van der Waals surface area (Å²) in [6.07, 6.45) is 0. The van der Waals surface area contributed by atoms with Gasteiger partial charge in [0.2, 0.25) is 0 Å². The second-order valence-corrected chi connectivity index (χ2v) is 4.40. The van der Waals surface area contributed by atoms with Crippen LogP contribution in [0.4, 0.5) is 0 Å². The largest absolute Gasteiger partial charge is 0.506 e. The van der Waals surface area contributed by atoms with E-state index in [9.17, 15) is 14.7 Å². The van der Waals surface area contributed by atoms with Gasteiger partial charge in [0.1, 0.15) is 18.1 Å². The first kappa shape index (κ1) is 12.5. The van der Waals surface area contributed by atoms with Crippen LogP contribution in [0.5, 0.6) is 11.5 Å². The fourth-order valence-corrected chi connectivity index (χ4v) is 2.43. The summed E-state index contributed by atoms with van der Waals surface area (Å²) in [5.41, 5.74) is -0.364. The van der Waals surface area contributed by atoms with Crippen molar-refractivity contribution in [2.75, 3.05) is 13.2 Å². The van der Waals surface area contributed by atoms with Gasteiger partial charge in [0.05, 0.1) is 18.7 Å². The lowest BCUT2D eigenvalue weighted by Gasteiger charge is -2.21. The van der Waals surface area contributed by atoms with Crippen molar-refractivity contribution < 1.29 is 19.4 Å². The summed E-state index contributed by atoms with van der Waals surface area (Å²) in [5.74, 6) is -0.638. The number of nitrogens with zero attached hydrogens (tertiary/aromatic N) is 1. The van der Waals surface area contributed by atoms with Crippen LogP contribution in [0.3, 0.4) is 0 Å². The maximum absolute atomic E-state index is 12.4. The van der Waals surface area contributed by atoms with Crippen molar-refractivity contribution in [3.8, 4) is 11.5 Å².